The largest absolute Gasteiger partial charge is 0.340 e. The van der Waals surface area contributed by atoms with Gasteiger partial charge in [0.05, 0.1) is 5.69 Å². The van der Waals surface area contributed by atoms with Gasteiger partial charge in [0, 0.05) is 11.8 Å². The summed E-state index contributed by atoms with van der Waals surface area (Å²) in [4.78, 5) is 20.3. The van der Waals surface area contributed by atoms with E-state index in [0.29, 0.717) is 11.8 Å². The van der Waals surface area contributed by atoms with Gasteiger partial charge in [-0.25, -0.2) is 27.5 Å². The van der Waals surface area contributed by atoms with Crippen molar-refractivity contribution in [2.45, 2.75) is 6.92 Å². The summed E-state index contributed by atoms with van der Waals surface area (Å²) in [5, 5.41) is 5.01. The first-order chi connectivity index (χ1) is 12.8. The molecule has 0 unspecified atom stereocenters. The molecular weight excluding hydrogens is 364 g/mol. The summed E-state index contributed by atoms with van der Waals surface area (Å²) in [6.45, 7) is 1.53. The molecule has 0 aliphatic heterocycles. The molecule has 27 heavy (non-hydrogen) atoms. The maximum atomic E-state index is 13.7. The van der Waals surface area contributed by atoms with Crippen LogP contribution in [-0.2, 0) is 0 Å². The minimum absolute atomic E-state index is 0.128. The van der Waals surface area contributed by atoms with Crippen LogP contribution in [0.2, 0.25) is 0 Å². The van der Waals surface area contributed by atoms with Crippen LogP contribution in [0.25, 0.3) is 0 Å². The Labute approximate surface area is 151 Å². The third kappa shape index (κ3) is 4.20. The third-order valence-electron chi connectivity index (χ3n) is 3.47. The highest BCUT2D eigenvalue weighted by atomic mass is 19.2. The molecule has 5 nitrogen and oxygen atoms in total. The van der Waals surface area contributed by atoms with Gasteiger partial charge in [-0.05, 0) is 43.3 Å². The standard InChI is InChI=1S/C18H12F4N4O/c1-9-23-14(8-15(24-9)25-11-4-2-10(19)3-5-11)18(27)26-13-7-6-12(20)16(21)17(13)22/h2-8H,1H3,(H,26,27)(H,23,24,25). The molecule has 1 heterocycles. The van der Waals surface area contributed by atoms with Crippen LogP contribution in [0.15, 0.2) is 42.5 Å². The maximum absolute atomic E-state index is 13.7. The number of amides is 1. The van der Waals surface area contributed by atoms with E-state index in [1.165, 1.54) is 37.3 Å². The lowest BCUT2D eigenvalue weighted by molar-refractivity contribution is 0.102. The van der Waals surface area contributed by atoms with Crippen molar-refractivity contribution in [2.24, 2.45) is 0 Å². The maximum Gasteiger partial charge on any atom is 0.274 e. The van der Waals surface area contributed by atoms with E-state index in [1.807, 2.05) is 0 Å². The summed E-state index contributed by atoms with van der Waals surface area (Å²) in [6, 6.07) is 8.32. The molecule has 2 aromatic carbocycles. The number of nitrogens with zero attached hydrogens (tertiary/aromatic N) is 2. The van der Waals surface area contributed by atoms with Crippen molar-refractivity contribution in [3.63, 3.8) is 0 Å². The molecule has 2 N–H and O–H groups in total. The van der Waals surface area contributed by atoms with E-state index in [0.717, 1.165) is 6.07 Å². The predicted octanol–water partition coefficient (Wildman–Crippen LogP) is 4.34. The molecule has 0 bridgehead atoms. The van der Waals surface area contributed by atoms with E-state index in [-0.39, 0.29) is 17.3 Å². The van der Waals surface area contributed by atoms with Gasteiger partial charge in [-0.1, -0.05) is 0 Å². The van der Waals surface area contributed by atoms with Gasteiger partial charge in [-0.2, -0.15) is 0 Å². The van der Waals surface area contributed by atoms with E-state index in [4.69, 9.17) is 0 Å². The van der Waals surface area contributed by atoms with Crippen LogP contribution in [0.4, 0.5) is 34.8 Å². The number of nitrogens with one attached hydrogen (secondary N) is 2. The second-order valence-corrected chi connectivity index (χ2v) is 5.49. The van der Waals surface area contributed by atoms with Crippen molar-refractivity contribution in [3.05, 3.63) is 77.3 Å². The van der Waals surface area contributed by atoms with E-state index in [9.17, 15) is 22.4 Å². The van der Waals surface area contributed by atoms with Crippen molar-refractivity contribution in [3.8, 4) is 0 Å². The smallest absolute Gasteiger partial charge is 0.274 e. The monoisotopic (exact) mass is 376 g/mol. The molecule has 0 aliphatic rings. The van der Waals surface area contributed by atoms with E-state index in [1.54, 1.807) is 0 Å². The molecular formula is C18H12F4N4O. The van der Waals surface area contributed by atoms with E-state index in [2.05, 4.69) is 20.6 Å². The van der Waals surface area contributed by atoms with Crippen LogP contribution in [0.1, 0.15) is 16.3 Å². The highest BCUT2D eigenvalue weighted by molar-refractivity contribution is 6.03. The Bertz CT molecular complexity index is 1010. The van der Waals surface area contributed by atoms with Gasteiger partial charge >= 0.3 is 0 Å². The number of aromatic nitrogens is 2. The molecule has 0 saturated carbocycles. The van der Waals surface area contributed by atoms with E-state index >= 15 is 0 Å². The van der Waals surface area contributed by atoms with Crippen molar-refractivity contribution >= 4 is 23.1 Å². The fourth-order valence-electron chi connectivity index (χ4n) is 2.24. The number of aryl methyl sites for hydroxylation is 1. The predicted molar refractivity (Wildman–Crippen MR) is 90.7 cm³/mol. The summed E-state index contributed by atoms with van der Waals surface area (Å²) >= 11 is 0. The Kier molecular flexibility index (Phi) is 5.02. The topological polar surface area (TPSA) is 66.9 Å². The molecule has 0 saturated heterocycles. The number of carbonyl (C=O) groups excluding carboxylic acids is 1. The summed E-state index contributed by atoms with van der Waals surface area (Å²) in [7, 11) is 0. The molecule has 138 valence electrons. The molecule has 9 heteroatoms. The zero-order valence-corrected chi connectivity index (χ0v) is 13.9. The fraction of sp³-hybridized carbons (Fsp3) is 0.0556. The van der Waals surface area contributed by atoms with Crippen LogP contribution in [0.5, 0.6) is 0 Å². The second-order valence-electron chi connectivity index (χ2n) is 5.49. The summed E-state index contributed by atoms with van der Waals surface area (Å²) in [5.41, 5.74) is -0.132. The Morgan fingerprint density at radius 1 is 0.926 bits per heavy atom. The molecule has 0 atom stereocenters. The van der Waals surface area contributed by atoms with Crippen LogP contribution in [-0.4, -0.2) is 15.9 Å². The van der Waals surface area contributed by atoms with Gasteiger partial charge in [0.25, 0.3) is 5.91 Å². The lowest BCUT2D eigenvalue weighted by Crippen LogP contribution is -2.17. The zero-order valence-electron chi connectivity index (χ0n) is 13.9. The van der Waals surface area contributed by atoms with Crippen molar-refractivity contribution in [2.75, 3.05) is 10.6 Å². The Morgan fingerprint density at radius 3 is 2.33 bits per heavy atom. The van der Waals surface area contributed by atoms with Gasteiger partial charge in [0.15, 0.2) is 17.5 Å². The molecule has 0 fully saturated rings. The van der Waals surface area contributed by atoms with Crippen LogP contribution >= 0.6 is 0 Å². The zero-order chi connectivity index (χ0) is 19.6. The molecule has 1 aromatic heterocycles. The Balaban J connectivity index is 1.84. The lowest BCUT2D eigenvalue weighted by atomic mass is 10.2. The van der Waals surface area contributed by atoms with E-state index < -0.39 is 34.9 Å². The SMILES string of the molecule is Cc1nc(Nc2ccc(F)cc2)cc(C(=O)Nc2ccc(F)c(F)c2F)n1. The highest BCUT2D eigenvalue weighted by Crippen LogP contribution is 2.21. The number of rotatable bonds is 4. The molecule has 3 aromatic rings. The first kappa shape index (κ1) is 18.3. The molecule has 0 aliphatic carbocycles. The number of hydrogen-bond donors (Lipinski definition) is 2. The average Bonchev–Trinajstić information content (AvgIpc) is 2.63. The first-order valence-corrected chi connectivity index (χ1v) is 7.66. The minimum Gasteiger partial charge on any atom is -0.340 e. The number of halogens is 4. The van der Waals surface area contributed by atoms with Gasteiger partial charge in [-0.15, -0.1) is 0 Å². The Hall–Kier alpha value is -3.49. The average molecular weight is 376 g/mol. The second kappa shape index (κ2) is 7.40. The van der Waals surface area contributed by atoms with Gasteiger partial charge in [-0.3, -0.25) is 4.79 Å². The highest BCUT2D eigenvalue weighted by Gasteiger charge is 2.17. The van der Waals surface area contributed by atoms with Crippen molar-refractivity contribution in [1.82, 2.24) is 9.97 Å². The first-order valence-electron chi connectivity index (χ1n) is 7.66. The quantitative estimate of drug-likeness (QED) is 0.525. The number of carbonyl (C=O) groups is 1. The summed E-state index contributed by atoms with van der Waals surface area (Å²) in [5.74, 6) is -5.35. The third-order valence-corrected chi connectivity index (χ3v) is 3.47. The summed E-state index contributed by atoms with van der Waals surface area (Å²) < 4.78 is 52.9. The number of hydrogen-bond acceptors (Lipinski definition) is 4. The lowest BCUT2D eigenvalue weighted by Gasteiger charge is -2.10. The fourth-order valence-corrected chi connectivity index (χ4v) is 2.24. The van der Waals surface area contributed by atoms with Crippen molar-refractivity contribution in [1.29, 1.82) is 0 Å². The minimum atomic E-state index is -1.69. The molecule has 3 rings (SSSR count). The van der Waals surface area contributed by atoms with Crippen LogP contribution in [0, 0.1) is 30.2 Å². The van der Waals surface area contributed by atoms with Gasteiger partial charge in [0.1, 0.15) is 23.2 Å². The van der Waals surface area contributed by atoms with Gasteiger partial charge < -0.3 is 10.6 Å². The molecule has 0 spiro atoms. The Morgan fingerprint density at radius 2 is 1.63 bits per heavy atom. The van der Waals surface area contributed by atoms with Crippen molar-refractivity contribution < 1.29 is 22.4 Å². The van der Waals surface area contributed by atoms with Gasteiger partial charge in [0.2, 0.25) is 0 Å². The normalized spacial score (nSPS) is 10.6. The van der Waals surface area contributed by atoms with Crippen LogP contribution < -0.4 is 10.6 Å². The number of benzene rings is 2. The number of anilines is 3. The molecule has 1 amide bonds. The molecule has 0 radical (unpaired) electrons. The van der Waals surface area contributed by atoms with Crippen LogP contribution in [0.3, 0.4) is 0 Å². The summed E-state index contributed by atoms with van der Waals surface area (Å²) in [6.07, 6.45) is 0.